The maximum Gasteiger partial charge on any atom is 0.131 e. The van der Waals surface area contributed by atoms with Crippen LogP contribution in [-0.4, -0.2) is 19.2 Å². The maximum atomic E-state index is 5.82. The zero-order valence-corrected chi connectivity index (χ0v) is 11.5. The van der Waals surface area contributed by atoms with E-state index in [1.165, 1.54) is 0 Å². The van der Waals surface area contributed by atoms with Crippen LogP contribution in [0.4, 0.5) is 0 Å². The van der Waals surface area contributed by atoms with Crippen molar-refractivity contribution in [1.82, 2.24) is 4.98 Å². The molecule has 1 unspecified atom stereocenters. The van der Waals surface area contributed by atoms with Crippen LogP contribution >= 0.6 is 11.3 Å². The van der Waals surface area contributed by atoms with Gasteiger partial charge in [-0.15, -0.1) is 11.3 Å². The number of methoxy groups -OCH3 is 2. The van der Waals surface area contributed by atoms with Gasteiger partial charge in [0, 0.05) is 17.0 Å². The van der Waals surface area contributed by atoms with Crippen LogP contribution in [0.25, 0.3) is 11.3 Å². The van der Waals surface area contributed by atoms with Crippen molar-refractivity contribution < 1.29 is 9.47 Å². The Kier molecular flexibility index (Phi) is 3.84. The highest BCUT2D eigenvalue weighted by Crippen LogP contribution is 2.34. The SMILES string of the molecule is COc1ccc(-c2csc(C(C)N)n2)c(OC)c1. The second-order valence-corrected chi connectivity index (χ2v) is 4.82. The number of ether oxygens (including phenoxy) is 2. The van der Waals surface area contributed by atoms with Crippen molar-refractivity contribution in [2.75, 3.05) is 14.2 Å². The minimum Gasteiger partial charge on any atom is -0.497 e. The normalized spacial score (nSPS) is 12.2. The molecule has 2 rings (SSSR count). The number of nitrogens with two attached hydrogens (primary N) is 1. The van der Waals surface area contributed by atoms with Gasteiger partial charge in [0.15, 0.2) is 0 Å². The highest BCUT2D eigenvalue weighted by Gasteiger charge is 2.12. The summed E-state index contributed by atoms with van der Waals surface area (Å²) in [7, 11) is 3.27. The Morgan fingerprint density at radius 2 is 2.06 bits per heavy atom. The van der Waals surface area contributed by atoms with Crippen LogP contribution in [0.2, 0.25) is 0 Å². The molecule has 0 aliphatic heterocycles. The van der Waals surface area contributed by atoms with Gasteiger partial charge in [0.2, 0.25) is 0 Å². The van der Waals surface area contributed by atoms with E-state index in [0.29, 0.717) is 0 Å². The average Bonchev–Trinajstić information content (AvgIpc) is 2.87. The van der Waals surface area contributed by atoms with Crippen molar-refractivity contribution in [1.29, 1.82) is 0 Å². The molecule has 0 bridgehead atoms. The van der Waals surface area contributed by atoms with Gasteiger partial charge < -0.3 is 15.2 Å². The topological polar surface area (TPSA) is 57.4 Å². The first-order valence-electron chi connectivity index (χ1n) is 5.59. The van der Waals surface area contributed by atoms with Gasteiger partial charge in [-0.05, 0) is 19.1 Å². The molecule has 4 nitrogen and oxygen atoms in total. The van der Waals surface area contributed by atoms with Crippen LogP contribution in [0, 0.1) is 0 Å². The molecule has 0 fully saturated rings. The molecule has 0 aliphatic rings. The average molecular weight is 264 g/mol. The van der Waals surface area contributed by atoms with Crippen molar-refractivity contribution in [3.63, 3.8) is 0 Å². The van der Waals surface area contributed by atoms with Gasteiger partial charge >= 0.3 is 0 Å². The summed E-state index contributed by atoms with van der Waals surface area (Å²) in [5, 5.41) is 2.91. The van der Waals surface area contributed by atoms with Crippen LogP contribution in [-0.2, 0) is 0 Å². The van der Waals surface area contributed by atoms with Gasteiger partial charge in [0.05, 0.1) is 26.0 Å². The Labute approximate surface area is 110 Å². The fourth-order valence-electron chi connectivity index (χ4n) is 1.63. The number of aromatic nitrogens is 1. The van der Waals surface area contributed by atoms with Gasteiger partial charge in [-0.1, -0.05) is 0 Å². The van der Waals surface area contributed by atoms with E-state index >= 15 is 0 Å². The first-order valence-corrected chi connectivity index (χ1v) is 6.47. The summed E-state index contributed by atoms with van der Waals surface area (Å²) in [6.45, 7) is 1.92. The largest absolute Gasteiger partial charge is 0.497 e. The lowest BCUT2D eigenvalue weighted by atomic mass is 10.1. The molecule has 0 spiro atoms. The van der Waals surface area contributed by atoms with Gasteiger partial charge in [-0.3, -0.25) is 0 Å². The lowest BCUT2D eigenvalue weighted by Crippen LogP contribution is -2.03. The van der Waals surface area contributed by atoms with Crippen LogP contribution < -0.4 is 15.2 Å². The van der Waals surface area contributed by atoms with Crippen molar-refractivity contribution in [2.45, 2.75) is 13.0 Å². The Hall–Kier alpha value is -1.59. The fourth-order valence-corrected chi connectivity index (χ4v) is 2.41. The molecule has 2 N–H and O–H groups in total. The van der Waals surface area contributed by atoms with E-state index in [4.69, 9.17) is 15.2 Å². The molecule has 1 atom stereocenters. The molecular formula is C13H16N2O2S. The van der Waals surface area contributed by atoms with E-state index in [1.807, 2.05) is 30.5 Å². The molecule has 0 saturated carbocycles. The Balaban J connectivity index is 2.42. The lowest BCUT2D eigenvalue weighted by Gasteiger charge is -2.08. The molecule has 0 radical (unpaired) electrons. The molecule has 5 heteroatoms. The highest BCUT2D eigenvalue weighted by molar-refractivity contribution is 7.10. The van der Waals surface area contributed by atoms with E-state index in [1.54, 1.807) is 25.6 Å². The molecule has 18 heavy (non-hydrogen) atoms. The number of thiazole rings is 1. The molecule has 1 aromatic carbocycles. The second kappa shape index (κ2) is 5.37. The summed E-state index contributed by atoms with van der Waals surface area (Å²) in [6, 6.07) is 5.63. The third kappa shape index (κ3) is 2.47. The molecule has 96 valence electrons. The van der Waals surface area contributed by atoms with Gasteiger partial charge in [0.1, 0.15) is 16.5 Å². The van der Waals surface area contributed by atoms with Crippen molar-refractivity contribution in [2.24, 2.45) is 5.73 Å². The van der Waals surface area contributed by atoms with E-state index in [-0.39, 0.29) is 6.04 Å². The van der Waals surface area contributed by atoms with E-state index < -0.39 is 0 Å². The minimum absolute atomic E-state index is 0.0482. The predicted molar refractivity (Wildman–Crippen MR) is 73.3 cm³/mol. The number of rotatable bonds is 4. The lowest BCUT2D eigenvalue weighted by molar-refractivity contribution is 0.395. The van der Waals surface area contributed by atoms with Crippen molar-refractivity contribution in [3.05, 3.63) is 28.6 Å². The summed E-state index contributed by atoms with van der Waals surface area (Å²) in [6.07, 6.45) is 0. The Morgan fingerprint density at radius 3 is 2.61 bits per heavy atom. The highest BCUT2D eigenvalue weighted by atomic mass is 32.1. The van der Waals surface area contributed by atoms with Crippen LogP contribution in [0.1, 0.15) is 18.0 Å². The quantitative estimate of drug-likeness (QED) is 0.922. The summed E-state index contributed by atoms with van der Waals surface area (Å²) in [4.78, 5) is 4.52. The Bertz CT molecular complexity index is 538. The Morgan fingerprint density at radius 1 is 1.28 bits per heavy atom. The van der Waals surface area contributed by atoms with Gasteiger partial charge in [0.25, 0.3) is 0 Å². The standard InChI is InChI=1S/C13H16N2O2S/c1-8(14)13-15-11(7-18-13)10-5-4-9(16-2)6-12(10)17-3/h4-8H,14H2,1-3H3. The van der Waals surface area contributed by atoms with Gasteiger partial charge in [-0.25, -0.2) is 4.98 Å². The minimum atomic E-state index is -0.0482. The van der Waals surface area contributed by atoms with Crippen molar-refractivity contribution >= 4 is 11.3 Å². The maximum absolute atomic E-state index is 5.82. The van der Waals surface area contributed by atoms with Crippen LogP contribution in [0.3, 0.4) is 0 Å². The van der Waals surface area contributed by atoms with E-state index in [2.05, 4.69) is 4.98 Å². The number of hydrogen-bond donors (Lipinski definition) is 1. The number of benzene rings is 1. The third-order valence-corrected chi connectivity index (χ3v) is 3.64. The van der Waals surface area contributed by atoms with Gasteiger partial charge in [-0.2, -0.15) is 0 Å². The monoisotopic (exact) mass is 264 g/mol. The van der Waals surface area contributed by atoms with Crippen LogP contribution in [0.15, 0.2) is 23.6 Å². The summed E-state index contributed by atoms with van der Waals surface area (Å²) < 4.78 is 10.5. The molecule has 2 aromatic rings. The number of nitrogens with zero attached hydrogens (tertiary/aromatic N) is 1. The van der Waals surface area contributed by atoms with Crippen molar-refractivity contribution in [3.8, 4) is 22.8 Å². The molecule has 1 heterocycles. The number of hydrogen-bond acceptors (Lipinski definition) is 5. The first-order chi connectivity index (χ1) is 8.65. The first kappa shape index (κ1) is 12.9. The predicted octanol–water partition coefficient (Wildman–Crippen LogP) is 2.85. The van der Waals surface area contributed by atoms with E-state index in [9.17, 15) is 0 Å². The molecule has 0 saturated heterocycles. The van der Waals surface area contributed by atoms with Crippen LogP contribution in [0.5, 0.6) is 11.5 Å². The summed E-state index contributed by atoms with van der Waals surface area (Å²) >= 11 is 1.56. The smallest absolute Gasteiger partial charge is 0.131 e. The summed E-state index contributed by atoms with van der Waals surface area (Å²) in [5.74, 6) is 1.51. The zero-order chi connectivity index (χ0) is 13.1. The third-order valence-electron chi connectivity index (χ3n) is 2.60. The molecule has 0 aliphatic carbocycles. The molecule has 1 aromatic heterocycles. The molecule has 0 amide bonds. The zero-order valence-electron chi connectivity index (χ0n) is 10.6. The summed E-state index contributed by atoms with van der Waals surface area (Å²) in [5.41, 5.74) is 7.65. The fraction of sp³-hybridized carbons (Fsp3) is 0.308. The van der Waals surface area contributed by atoms with E-state index in [0.717, 1.165) is 27.8 Å². The molecular weight excluding hydrogens is 248 g/mol. The second-order valence-electron chi connectivity index (χ2n) is 3.93.